The van der Waals surface area contributed by atoms with Gasteiger partial charge in [0.05, 0.1) is 33.7 Å². The van der Waals surface area contributed by atoms with Gasteiger partial charge in [0, 0.05) is 5.56 Å². The van der Waals surface area contributed by atoms with Crippen molar-refractivity contribution in [1.82, 2.24) is 5.32 Å². The zero-order valence-corrected chi connectivity index (χ0v) is 14.6. The highest BCUT2D eigenvalue weighted by atomic mass is 16.1. The van der Waals surface area contributed by atoms with Gasteiger partial charge < -0.3 is 9.80 Å². The molecule has 3 heteroatoms. The lowest BCUT2D eigenvalue weighted by Crippen LogP contribution is -2.45. The molecule has 0 atom stereocenters. The number of benzene rings is 1. The average molecular weight is 305 g/mol. The number of carbonyl (C=O) groups excluding carboxylic acids is 1. The van der Waals surface area contributed by atoms with E-state index in [1.54, 1.807) is 0 Å². The fourth-order valence-corrected chi connectivity index (χ4v) is 2.60. The Morgan fingerprint density at radius 2 is 1.59 bits per heavy atom. The predicted molar refractivity (Wildman–Crippen MR) is 94.0 cm³/mol. The fourth-order valence-electron chi connectivity index (χ4n) is 2.60. The van der Waals surface area contributed by atoms with Gasteiger partial charge in [-0.25, -0.2) is 0 Å². The molecule has 0 bridgehead atoms. The number of nitrogens with zero attached hydrogens (tertiary/aromatic N) is 1. The summed E-state index contributed by atoms with van der Waals surface area (Å²) in [7, 11) is 4.50. The van der Waals surface area contributed by atoms with E-state index < -0.39 is 0 Å². The number of carbonyl (C=O) groups is 1. The topological polar surface area (TPSA) is 29.1 Å². The molecule has 0 radical (unpaired) electrons. The lowest BCUT2D eigenvalue weighted by Gasteiger charge is -2.30. The van der Waals surface area contributed by atoms with Crippen molar-refractivity contribution in [1.29, 1.82) is 0 Å². The molecule has 0 unspecified atom stereocenters. The van der Waals surface area contributed by atoms with Gasteiger partial charge in [-0.2, -0.15) is 0 Å². The first-order valence-corrected chi connectivity index (χ1v) is 8.70. The van der Waals surface area contributed by atoms with Crippen LogP contribution in [0.4, 0.5) is 0 Å². The van der Waals surface area contributed by atoms with Gasteiger partial charge in [0.25, 0.3) is 5.91 Å². The maximum atomic E-state index is 12.0. The highest BCUT2D eigenvalue weighted by Crippen LogP contribution is 2.08. The van der Waals surface area contributed by atoms with Gasteiger partial charge in [-0.3, -0.25) is 4.79 Å². The molecule has 1 amide bonds. The van der Waals surface area contributed by atoms with Crippen LogP contribution in [0.15, 0.2) is 30.3 Å². The molecule has 1 aromatic carbocycles. The van der Waals surface area contributed by atoms with E-state index in [1.165, 1.54) is 45.1 Å². The minimum Gasteiger partial charge on any atom is -0.346 e. The highest BCUT2D eigenvalue weighted by molar-refractivity contribution is 5.94. The summed E-state index contributed by atoms with van der Waals surface area (Å²) < 4.78 is 0.975. The minimum atomic E-state index is 0.0279. The van der Waals surface area contributed by atoms with E-state index in [2.05, 4.69) is 26.3 Å². The number of hydrogen-bond donors (Lipinski definition) is 1. The number of nitrogens with one attached hydrogen (secondary N) is 1. The number of likely N-dealkylation sites (N-methyl/N-ethyl adjacent to an activating group) is 1. The SMILES string of the molecule is CCCCCCCC[N+](C)(C)CCNC(=O)c1ccccc1. The van der Waals surface area contributed by atoms with E-state index in [4.69, 9.17) is 0 Å². The summed E-state index contributed by atoms with van der Waals surface area (Å²) in [5.41, 5.74) is 0.740. The van der Waals surface area contributed by atoms with Gasteiger partial charge in [-0.15, -0.1) is 0 Å². The first kappa shape index (κ1) is 18.7. The van der Waals surface area contributed by atoms with E-state index in [9.17, 15) is 4.79 Å². The smallest absolute Gasteiger partial charge is 0.251 e. The van der Waals surface area contributed by atoms with Gasteiger partial charge in [0.15, 0.2) is 0 Å². The van der Waals surface area contributed by atoms with Crippen LogP contribution in [-0.4, -0.2) is 44.1 Å². The maximum Gasteiger partial charge on any atom is 0.251 e. The Bertz CT molecular complexity index is 415. The van der Waals surface area contributed by atoms with Crippen LogP contribution in [0.2, 0.25) is 0 Å². The lowest BCUT2D eigenvalue weighted by molar-refractivity contribution is -0.889. The number of quaternary nitrogens is 1. The van der Waals surface area contributed by atoms with Gasteiger partial charge in [0.1, 0.15) is 0 Å². The van der Waals surface area contributed by atoms with Gasteiger partial charge in [-0.1, -0.05) is 50.8 Å². The molecule has 0 aliphatic carbocycles. The molecule has 0 heterocycles. The number of amides is 1. The molecule has 1 aromatic rings. The van der Waals surface area contributed by atoms with Crippen LogP contribution >= 0.6 is 0 Å². The first-order valence-electron chi connectivity index (χ1n) is 8.70. The molecule has 124 valence electrons. The summed E-state index contributed by atoms with van der Waals surface area (Å²) in [4.78, 5) is 12.0. The quantitative estimate of drug-likeness (QED) is 0.488. The maximum absolute atomic E-state index is 12.0. The monoisotopic (exact) mass is 305 g/mol. The van der Waals surface area contributed by atoms with Crippen molar-refractivity contribution in [3.05, 3.63) is 35.9 Å². The third kappa shape index (κ3) is 8.18. The second kappa shape index (κ2) is 10.4. The summed E-state index contributed by atoms with van der Waals surface area (Å²) in [6.45, 7) is 5.15. The summed E-state index contributed by atoms with van der Waals surface area (Å²) in [6, 6.07) is 9.43. The predicted octanol–water partition coefficient (Wildman–Crippen LogP) is 3.85. The minimum absolute atomic E-state index is 0.0279. The van der Waals surface area contributed by atoms with E-state index in [0.717, 1.165) is 23.1 Å². The van der Waals surface area contributed by atoms with E-state index in [1.807, 2.05) is 30.3 Å². The number of rotatable bonds is 11. The second-order valence-electron chi connectivity index (χ2n) is 6.77. The van der Waals surface area contributed by atoms with Crippen molar-refractivity contribution < 1.29 is 9.28 Å². The molecule has 0 aliphatic rings. The molecule has 0 aliphatic heterocycles. The van der Waals surface area contributed by atoms with Crippen molar-refractivity contribution >= 4 is 5.91 Å². The Balaban J connectivity index is 2.15. The largest absolute Gasteiger partial charge is 0.346 e. The molecular formula is C19H33N2O+. The molecule has 0 saturated heterocycles. The Labute approximate surface area is 136 Å². The summed E-state index contributed by atoms with van der Waals surface area (Å²) >= 11 is 0. The first-order chi connectivity index (χ1) is 10.5. The fraction of sp³-hybridized carbons (Fsp3) is 0.632. The van der Waals surface area contributed by atoms with E-state index in [-0.39, 0.29) is 5.91 Å². The van der Waals surface area contributed by atoms with Gasteiger partial charge in [0.2, 0.25) is 0 Å². The van der Waals surface area contributed by atoms with E-state index >= 15 is 0 Å². The van der Waals surface area contributed by atoms with Crippen LogP contribution in [-0.2, 0) is 0 Å². The molecule has 22 heavy (non-hydrogen) atoms. The van der Waals surface area contributed by atoms with Crippen LogP contribution < -0.4 is 5.32 Å². The van der Waals surface area contributed by atoms with Crippen molar-refractivity contribution in [2.24, 2.45) is 0 Å². The van der Waals surface area contributed by atoms with Crippen molar-refractivity contribution in [2.75, 3.05) is 33.7 Å². The summed E-state index contributed by atoms with van der Waals surface area (Å²) in [5.74, 6) is 0.0279. The summed E-state index contributed by atoms with van der Waals surface area (Å²) in [5, 5.41) is 3.02. The zero-order chi connectivity index (χ0) is 16.3. The van der Waals surface area contributed by atoms with Crippen LogP contribution in [0.1, 0.15) is 55.8 Å². The molecule has 0 fully saturated rings. The number of unbranched alkanes of at least 4 members (excludes halogenated alkanes) is 5. The molecule has 3 nitrogen and oxygen atoms in total. The van der Waals surface area contributed by atoms with E-state index in [0.29, 0.717) is 0 Å². The van der Waals surface area contributed by atoms with Crippen LogP contribution in [0.3, 0.4) is 0 Å². The Kier molecular flexibility index (Phi) is 8.83. The van der Waals surface area contributed by atoms with Crippen LogP contribution in [0.5, 0.6) is 0 Å². The van der Waals surface area contributed by atoms with Crippen molar-refractivity contribution in [3.8, 4) is 0 Å². The van der Waals surface area contributed by atoms with Gasteiger partial charge >= 0.3 is 0 Å². The molecule has 0 spiro atoms. The van der Waals surface area contributed by atoms with Crippen molar-refractivity contribution in [2.45, 2.75) is 45.4 Å². The Morgan fingerprint density at radius 3 is 2.27 bits per heavy atom. The molecule has 0 aromatic heterocycles. The second-order valence-corrected chi connectivity index (χ2v) is 6.77. The summed E-state index contributed by atoms with van der Waals surface area (Å²) in [6.07, 6.45) is 8.02. The Hall–Kier alpha value is -1.35. The van der Waals surface area contributed by atoms with Crippen LogP contribution in [0, 0.1) is 0 Å². The van der Waals surface area contributed by atoms with Crippen LogP contribution in [0.25, 0.3) is 0 Å². The average Bonchev–Trinajstić information content (AvgIpc) is 2.51. The molecule has 1 rings (SSSR count). The third-order valence-corrected chi connectivity index (χ3v) is 4.16. The molecule has 1 N–H and O–H groups in total. The Morgan fingerprint density at radius 1 is 0.955 bits per heavy atom. The highest BCUT2D eigenvalue weighted by Gasteiger charge is 2.14. The number of hydrogen-bond acceptors (Lipinski definition) is 1. The zero-order valence-electron chi connectivity index (χ0n) is 14.6. The van der Waals surface area contributed by atoms with Gasteiger partial charge in [-0.05, 0) is 25.0 Å². The third-order valence-electron chi connectivity index (χ3n) is 4.16. The lowest BCUT2D eigenvalue weighted by atomic mass is 10.1. The van der Waals surface area contributed by atoms with Crippen molar-refractivity contribution in [3.63, 3.8) is 0 Å². The standard InChI is InChI=1S/C19H32N2O/c1-4-5-6-7-8-12-16-21(2,3)17-15-20-19(22)18-13-10-9-11-14-18/h9-11,13-14H,4-8,12,15-17H2,1-3H3/p+1. The molecular weight excluding hydrogens is 272 g/mol. The normalized spacial score (nSPS) is 11.4. The molecule has 0 saturated carbocycles.